The molecule has 0 N–H and O–H groups in total. The first kappa shape index (κ1) is 26.4. The van der Waals surface area contributed by atoms with Gasteiger partial charge in [0.1, 0.15) is 0 Å². The van der Waals surface area contributed by atoms with Crippen molar-refractivity contribution in [1.82, 2.24) is 0 Å². The third-order valence-corrected chi connectivity index (χ3v) is 6.67. The second kappa shape index (κ2) is 13.0. The maximum Gasteiger partial charge on any atom is 0.0501 e. The minimum absolute atomic E-state index is 0.708. The van der Waals surface area contributed by atoms with Crippen molar-refractivity contribution < 1.29 is 4.74 Å². The van der Waals surface area contributed by atoms with E-state index in [1.807, 2.05) is 0 Å². The molecule has 0 fully saturated rings. The van der Waals surface area contributed by atoms with E-state index in [0.29, 0.717) is 13.2 Å². The van der Waals surface area contributed by atoms with Gasteiger partial charge >= 0.3 is 0 Å². The highest BCUT2D eigenvalue weighted by atomic mass is 16.5. The standard InChI is InChI=1S/C36H38O/c1-27-9-17-31(18-10-27)35(32-19-11-28(2)12-20-32)7-5-25-37-26-6-8-36(33-21-13-29(3)14-22-33)34-23-15-30(4)16-24-34/h7-24H,5-6,25-26H2,1-4H3. The minimum Gasteiger partial charge on any atom is -0.381 e. The van der Waals surface area contributed by atoms with Gasteiger partial charge in [0.05, 0.1) is 13.2 Å². The third kappa shape index (κ3) is 7.65. The summed E-state index contributed by atoms with van der Waals surface area (Å²) in [5.74, 6) is 0. The van der Waals surface area contributed by atoms with Crippen molar-refractivity contribution in [1.29, 1.82) is 0 Å². The Hall–Kier alpha value is -3.68. The van der Waals surface area contributed by atoms with Crippen molar-refractivity contribution in [3.05, 3.63) is 154 Å². The molecule has 4 rings (SSSR count). The van der Waals surface area contributed by atoms with Crippen molar-refractivity contribution in [3.8, 4) is 0 Å². The predicted molar refractivity (Wildman–Crippen MR) is 159 cm³/mol. The van der Waals surface area contributed by atoms with E-state index in [4.69, 9.17) is 4.74 Å². The van der Waals surface area contributed by atoms with Gasteiger partial charge in [-0.3, -0.25) is 0 Å². The van der Waals surface area contributed by atoms with Gasteiger partial charge in [0.25, 0.3) is 0 Å². The number of hydrogen-bond donors (Lipinski definition) is 0. The van der Waals surface area contributed by atoms with Crippen molar-refractivity contribution in [2.75, 3.05) is 13.2 Å². The van der Waals surface area contributed by atoms with Gasteiger partial charge < -0.3 is 4.74 Å². The lowest BCUT2D eigenvalue weighted by Crippen LogP contribution is -1.97. The molecular weight excluding hydrogens is 448 g/mol. The SMILES string of the molecule is Cc1ccc(C(=CCCOCCC=C(c2ccc(C)cc2)c2ccc(C)cc2)c2ccc(C)cc2)cc1. The van der Waals surface area contributed by atoms with Gasteiger partial charge in [-0.15, -0.1) is 0 Å². The van der Waals surface area contributed by atoms with Gasteiger partial charge in [-0.2, -0.15) is 0 Å². The van der Waals surface area contributed by atoms with Crippen LogP contribution in [0.25, 0.3) is 11.1 Å². The second-order valence-electron chi connectivity index (χ2n) is 9.89. The topological polar surface area (TPSA) is 9.23 Å². The molecule has 0 radical (unpaired) electrons. The fourth-order valence-corrected chi connectivity index (χ4v) is 4.41. The average molecular weight is 487 g/mol. The summed E-state index contributed by atoms with van der Waals surface area (Å²) in [5.41, 5.74) is 12.6. The zero-order valence-corrected chi connectivity index (χ0v) is 22.6. The molecule has 0 atom stereocenters. The molecule has 0 spiro atoms. The highest BCUT2D eigenvalue weighted by Gasteiger charge is 2.06. The van der Waals surface area contributed by atoms with E-state index < -0.39 is 0 Å². The molecule has 4 aromatic carbocycles. The fraction of sp³-hybridized carbons (Fsp3) is 0.222. The van der Waals surface area contributed by atoms with E-state index in [2.05, 4.69) is 137 Å². The second-order valence-corrected chi connectivity index (χ2v) is 9.89. The summed E-state index contributed by atoms with van der Waals surface area (Å²) in [7, 11) is 0. The Labute approximate surface area is 223 Å². The summed E-state index contributed by atoms with van der Waals surface area (Å²) in [6, 6.07) is 35.1. The van der Waals surface area contributed by atoms with Crippen molar-refractivity contribution >= 4 is 11.1 Å². The summed E-state index contributed by atoms with van der Waals surface area (Å²) in [5, 5.41) is 0. The van der Waals surface area contributed by atoms with E-state index in [1.54, 1.807) is 0 Å². The smallest absolute Gasteiger partial charge is 0.0501 e. The van der Waals surface area contributed by atoms with E-state index in [-0.39, 0.29) is 0 Å². The summed E-state index contributed by atoms with van der Waals surface area (Å²) in [4.78, 5) is 0. The fourth-order valence-electron chi connectivity index (χ4n) is 4.41. The quantitative estimate of drug-likeness (QED) is 0.203. The number of benzene rings is 4. The van der Waals surface area contributed by atoms with Crippen LogP contribution in [0.4, 0.5) is 0 Å². The molecule has 1 heteroatoms. The third-order valence-electron chi connectivity index (χ3n) is 6.67. The first-order valence-corrected chi connectivity index (χ1v) is 13.3. The van der Waals surface area contributed by atoms with Crippen LogP contribution < -0.4 is 0 Å². The molecule has 0 aliphatic rings. The predicted octanol–water partition coefficient (Wildman–Crippen LogP) is 9.28. The van der Waals surface area contributed by atoms with Crippen LogP contribution in [0.1, 0.15) is 57.3 Å². The Morgan fingerprint density at radius 3 is 0.919 bits per heavy atom. The van der Waals surface area contributed by atoms with Crippen LogP contribution in [0.3, 0.4) is 0 Å². The van der Waals surface area contributed by atoms with Gasteiger partial charge in [0.2, 0.25) is 0 Å². The van der Waals surface area contributed by atoms with Gasteiger partial charge in [0.15, 0.2) is 0 Å². The number of ether oxygens (including phenoxy) is 1. The van der Waals surface area contributed by atoms with Crippen LogP contribution in [0.5, 0.6) is 0 Å². The molecule has 188 valence electrons. The maximum absolute atomic E-state index is 6.07. The van der Waals surface area contributed by atoms with E-state index >= 15 is 0 Å². The number of hydrogen-bond acceptors (Lipinski definition) is 1. The number of aryl methyl sites for hydroxylation is 4. The van der Waals surface area contributed by atoms with Crippen molar-refractivity contribution in [3.63, 3.8) is 0 Å². The van der Waals surface area contributed by atoms with Gasteiger partial charge in [0, 0.05) is 0 Å². The van der Waals surface area contributed by atoms with Crippen LogP contribution in [0, 0.1) is 27.7 Å². The monoisotopic (exact) mass is 486 g/mol. The summed E-state index contributed by atoms with van der Waals surface area (Å²) >= 11 is 0. The molecule has 0 heterocycles. The van der Waals surface area contributed by atoms with Crippen molar-refractivity contribution in [2.45, 2.75) is 40.5 Å². The van der Waals surface area contributed by atoms with Crippen LogP contribution in [-0.2, 0) is 4.74 Å². The average Bonchev–Trinajstić information content (AvgIpc) is 2.91. The molecule has 0 saturated carbocycles. The van der Waals surface area contributed by atoms with Crippen LogP contribution in [0.2, 0.25) is 0 Å². The highest BCUT2D eigenvalue weighted by molar-refractivity contribution is 5.80. The zero-order chi connectivity index (χ0) is 26.0. The molecule has 0 amide bonds. The lowest BCUT2D eigenvalue weighted by Gasteiger charge is -2.11. The molecule has 0 saturated heterocycles. The molecule has 1 nitrogen and oxygen atoms in total. The molecule has 37 heavy (non-hydrogen) atoms. The summed E-state index contributed by atoms with van der Waals surface area (Å²) < 4.78 is 6.07. The summed E-state index contributed by atoms with van der Waals surface area (Å²) in [6.45, 7) is 9.93. The maximum atomic E-state index is 6.07. The molecule has 0 unspecified atom stereocenters. The Bertz CT molecular complexity index is 1120. The first-order valence-electron chi connectivity index (χ1n) is 13.3. The van der Waals surface area contributed by atoms with E-state index in [0.717, 1.165) is 12.8 Å². The molecule has 0 aromatic heterocycles. The van der Waals surface area contributed by atoms with Crippen molar-refractivity contribution in [2.24, 2.45) is 0 Å². The van der Waals surface area contributed by atoms with E-state index in [1.165, 1.54) is 55.7 Å². The lowest BCUT2D eigenvalue weighted by atomic mass is 9.95. The Morgan fingerprint density at radius 1 is 0.432 bits per heavy atom. The van der Waals surface area contributed by atoms with Gasteiger partial charge in [-0.25, -0.2) is 0 Å². The molecule has 0 aliphatic heterocycles. The summed E-state index contributed by atoms with van der Waals surface area (Å²) in [6.07, 6.45) is 6.39. The van der Waals surface area contributed by atoms with Crippen LogP contribution >= 0.6 is 0 Å². The molecular formula is C36H38O. The zero-order valence-electron chi connectivity index (χ0n) is 22.6. The number of rotatable bonds is 10. The normalized spacial score (nSPS) is 10.7. The van der Waals surface area contributed by atoms with Gasteiger partial charge in [-0.1, -0.05) is 131 Å². The molecule has 0 bridgehead atoms. The highest BCUT2D eigenvalue weighted by Crippen LogP contribution is 2.26. The van der Waals surface area contributed by atoms with Crippen LogP contribution in [0.15, 0.2) is 109 Å². The van der Waals surface area contributed by atoms with E-state index in [9.17, 15) is 0 Å². The molecule has 4 aromatic rings. The van der Waals surface area contributed by atoms with Gasteiger partial charge in [-0.05, 0) is 73.9 Å². The first-order chi connectivity index (χ1) is 18.0. The largest absolute Gasteiger partial charge is 0.381 e. The minimum atomic E-state index is 0.708. The molecule has 0 aliphatic carbocycles. The lowest BCUT2D eigenvalue weighted by molar-refractivity contribution is 0.143. The Morgan fingerprint density at radius 2 is 0.676 bits per heavy atom. The Balaban J connectivity index is 1.40. The Kier molecular flexibility index (Phi) is 9.29. The van der Waals surface area contributed by atoms with Crippen LogP contribution in [-0.4, -0.2) is 13.2 Å².